The Labute approximate surface area is 145 Å². The summed E-state index contributed by atoms with van der Waals surface area (Å²) in [5, 5.41) is 0. The number of ether oxygens (including phenoxy) is 1. The average molecular weight is 410 g/mol. The second-order valence-corrected chi connectivity index (χ2v) is 7.40. The minimum atomic E-state index is -0.0406. The van der Waals surface area contributed by atoms with Crippen molar-refractivity contribution in [3.8, 4) is 0 Å². The summed E-state index contributed by atoms with van der Waals surface area (Å²) in [5.41, 5.74) is 0. The fourth-order valence-corrected chi connectivity index (χ4v) is 3.14. The summed E-state index contributed by atoms with van der Waals surface area (Å²) in [5.74, 6) is -0.0406. The topological polar surface area (TPSA) is 26.3 Å². The first-order valence-electron chi connectivity index (χ1n) is 9.03. The summed E-state index contributed by atoms with van der Waals surface area (Å²) < 4.78 is 5.06. The van der Waals surface area contributed by atoms with E-state index >= 15 is 0 Å². The second kappa shape index (κ2) is 16.6. The Bertz CT molecular complexity index is 231. The van der Waals surface area contributed by atoms with Crippen molar-refractivity contribution < 1.29 is 9.53 Å². The number of esters is 1. The molecule has 21 heavy (non-hydrogen) atoms. The molecule has 0 aliphatic carbocycles. The van der Waals surface area contributed by atoms with E-state index in [1.807, 2.05) is 6.92 Å². The lowest BCUT2D eigenvalue weighted by Crippen LogP contribution is -2.16. The van der Waals surface area contributed by atoms with Crippen molar-refractivity contribution in [1.82, 2.24) is 0 Å². The minimum Gasteiger partial charge on any atom is -0.465 e. The molecule has 0 bridgehead atoms. The smallest absolute Gasteiger partial charge is 0.318 e. The largest absolute Gasteiger partial charge is 0.465 e. The Morgan fingerprint density at radius 2 is 1.24 bits per heavy atom. The standard InChI is InChI=1S/C18H35IO2/c1-3-5-6-7-8-9-10-11-12-13-14-15-16-17(19)18(20)21-4-2/h17H,3-16H2,1-2H3. The van der Waals surface area contributed by atoms with Crippen LogP contribution in [-0.4, -0.2) is 16.5 Å². The van der Waals surface area contributed by atoms with Gasteiger partial charge < -0.3 is 4.74 Å². The van der Waals surface area contributed by atoms with Gasteiger partial charge in [0.15, 0.2) is 0 Å². The molecule has 3 heteroatoms. The molecule has 0 aromatic heterocycles. The highest BCUT2D eigenvalue weighted by Gasteiger charge is 2.14. The van der Waals surface area contributed by atoms with Crippen LogP contribution in [-0.2, 0) is 9.53 Å². The first-order valence-corrected chi connectivity index (χ1v) is 10.3. The lowest BCUT2D eigenvalue weighted by atomic mass is 10.0. The molecule has 0 aliphatic rings. The zero-order valence-electron chi connectivity index (χ0n) is 14.2. The molecule has 0 aliphatic heterocycles. The lowest BCUT2D eigenvalue weighted by molar-refractivity contribution is -0.142. The summed E-state index contributed by atoms with van der Waals surface area (Å²) >= 11 is 2.21. The van der Waals surface area contributed by atoms with Crippen LogP contribution in [0, 0.1) is 0 Å². The number of hydrogen-bond acceptors (Lipinski definition) is 2. The molecule has 0 saturated heterocycles. The van der Waals surface area contributed by atoms with Gasteiger partial charge in [-0.2, -0.15) is 0 Å². The zero-order chi connectivity index (χ0) is 15.8. The van der Waals surface area contributed by atoms with Gasteiger partial charge in [0.1, 0.15) is 3.92 Å². The lowest BCUT2D eigenvalue weighted by Gasteiger charge is -2.08. The Hall–Kier alpha value is 0.200. The zero-order valence-corrected chi connectivity index (χ0v) is 16.3. The highest BCUT2D eigenvalue weighted by molar-refractivity contribution is 14.1. The van der Waals surface area contributed by atoms with E-state index in [1.54, 1.807) is 0 Å². The summed E-state index contributed by atoms with van der Waals surface area (Å²) in [6.45, 7) is 4.63. The van der Waals surface area contributed by atoms with Gasteiger partial charge in [0.2, 0.25) is 0 Å². The molecule has 0 heterocycles. The summed E-state index contributed by atoms with van der Waals surface area (Å²) in [7, 11) is 0. The van der Waals surface area contributed by atoms with Gasteiger partial charge in [0.25, 0.3) is 0 Å². The number of carbonyl (C=O) groups is 1. The van der Waals surface area contributed by atoms with Gasteiger partial charge in [-0.05, 0) is 13.3 Å². The molecule has 126 valence electrons. The molecule has 0 spiro atoms. The van der Waals surface area contributed by atoms with E-state index in [0.717, 1.165) is 12.8 Å². The van der Waals surface area contributed by atoms with Crippen LogP contribution in [0.5, 0.6) is 0 Å². The summed E-state index contributed by atoms with van der Waals surface area (Å²) in [6, 6.07) is 0. The number of alkyl halides is 1. The Balaban J connectivity index is 3.17. The minimum absolute atomic E-state index is 0.0406. The van der Waals surface area contributed by atoms with Gasteiger partial charge in [0.05, 0.1) is 6.61 Å². The maximum absolute atomic E-state index is 11.4. The van der Waals surface area contributed by atoms with Gasteiger partial charge >= 0.3 is 5.97 Å². The molecule has 1 atom stereocenters. The van der Waals surface area contributed by atoms with E-state index in [4.69, 9.17) is 4.74 Å². The molecule has 0 rings (SSSR count). The maximum Gasteiger partial charge on any atom is 0.318 e. The molecule has 0 N–H and O–H groups in total. The Kier molecular flexibility index (Phi) is 16.7. The van der Waals surface area contributed by atoms with Gasteiger partial charge in [-0.25, -0.2) is 0 Å². The fourth-order valence-electron chi connectivity index (χ4n) is 2.52. The fraction of sp³-hybridized carbons (Fsp3) is 0.944. The molecule has 1 unspecified atom stereocenters. The van der Waals surface area contributed by atoms with E-state index in [0.29, 0.717) is 6.61 Å². The predicted molar refractivity (Wildman–Crippen MR) is 100 cm³/mol. The van der Waals surface area contributed by atoms with Crippen molar-refractivity contribution in [2.45, 2.75) is 101 Å². The van der Waals surface area contributed by atoms with Crippen LogP contribution in [0.4, 0.5) is 0 Å². The first-order chi connectivity index (χ1) is 10.2. The van der Waals surface area contributed by atoms with Crippen molar-refractivity contribution in [2.24, 2.45) is 0 Å². The SMILES string of the molecule is CCCCCCCCCCCCCCC(I)C(=O)OCC. The molecule has 2 nitrogen and oxygen atoms in total. The van der Waals surface area contributed by atoms with E-state index < -0.39 is 0 Å². The van der Waals surface area contributed by atoms with Crippen molar-refractivity contribution in [2.75, 3.05) is 6.61 Å². The van der Waals surface area contributed by atoms with E-state index in [9.17, 15) is 4.79 Å². The van der Waals surface area contributed by atoms with Crippen molar-refractivity contribution in [3.63, 3.8) is 0 Å². The quantitative estimate of drug-likeness (QED) is 0.134. The molecular weight excluding hydrogens is 375 g/mol. The van der Waals surface area contributed by atoms with Gasteiger partial charge in [-0.3, -0.25) is 4.79 Å². The first kappa shape index (κ1) is 21.2. The molecule has 0 saturated carbocycles. The van der Waals surface area contributed by atoms with E-state index in [1.165, 1.54) is 70.6 Å². The average Bonchev–Trinajstić information content (AvgIpc) is 2.48. The third kappa shape index (κ3) is 14.9. The van der Waals surface area contributed by atoms with Gasteiger partial charge in [0, 0.05) is 0 Å². The number of carbonyl (C=O) groups excluding carboxylic acids is 1. The predicted octanol–water partition coefficient (Wildman–Crippen LogP) is 6.44. The highest BCUT2D eigenvalue weighted by Crippen LogP contribution is 2.16. The Morgan fingerprint density at radius 1 is 0.810 bits per heavy atom. The number of halogens is 1. The summed E-state index contributed by atoms with van der Waals surface area (Å²) in [6.07, 6.45) is 17.3. The molecule has 0 amide bonds. The molecule has 0 fully saturated rings. The second-order valence-electron chi connectivity index (χ2n) is 5.90. The van der Waals surface area contributed by atoms with Crippen molar-refractivity contribution in [3.05, 3.63) is 0 Å². The van der Waals surface area contributed by atoms with Crippen LogP contribution in [0.15, 0.2) is 0 Å². The Morgan fingerprint density at radius 3 is 1.67 bits per heavy atom. The van der Waals surface area contributed by atoms with Crippen LogP contribution in [0.25, 0.3) is 0 Å². The number of hydrogen-bond donors (Lipinski definition) is 0. The third-order valence-electron chi connectivity index (χ3n) is 3.85. The van der Waals surface area contributed by atoms with Crippen LogP contribution in [0.3, 0.4) is 0 Å². The van der Waals surface area contributed by atoms with Gasteiger partial charge in [-0.15, -0.1) is 0 Å². The number of rotatable bonds is 15. The van der Waals surface area contributed by atoms with Crippen molar-refractivity contribution in [1.29, 1.82) is 0 Å². The van der Waals surface area contributed by atoms with E-state index in [2.05, 4.69) is 29.5 Å². The monoisotopic (exact) mass is 410 g/mol. The maximum atomic E-state index is 11.4. The molecular formula is C18H35IO2. The normalized spacial score (nSPS) is 12.3. The van der Waals surface area contributed by atoms with Crippen LogP contribution >= 0.6 is 22.6 Å². The highest BCUT2D eigenvalue weighted by atomic mass is 127. The van der Waals surface area contributed by atoms with Gasteiger partial charge in [-0.1, -0.05) is 107 Å². The molecule has 0 aromatic carbocycles. The summed E-state index contributed by atoms with van der Waals surface area (Å²) in [4.78, 5) is 11.4. The van der Waals surface area contributed by atoms with Crippen LogP contribution in [0.1, 0.15) is 97.3 Å². The number of unbranched alkanes of at least 4 members (excludes halogenated alkanes) is 11. The van der Waals surface area contributed by atoms with E-state index in [-0.39, 0.29) is 9.89 Å². The third-order valence-corrected chi connectivity index (χ3v) is 4.98. The van der Waals surface area contributed by atoms with Crippen LogP contribution in [0.2, 0.25) is 0 Å². The van der Waals surface area contributed by atoms with Crippen molar-refractivity contribution >= 4 is 28.6 Å². The van der Waals surface area contributed by atoms with Crippen LogP contribution < -0.4 is 0 Å². The molecule has 0 radical (unpaired) electrons. The molecule has 0 aromatic rings.